The summed E-state index contributed by atoms with van der Waals surface area (Å²) in [6.07, 6.45) is -0.0896. The molecule has 0 bridgehead atoms. The van der Waals surface area contributed by atoms with Crippen LogP contribution in [-0.4, -0.2) is 81.1 Å². The van der Waals surface area contributed by atoms with Crippen LogP contribution in [-0.2, 0) is 67.2 Å². The summed E-state index contributed by atoms with van der Waals surface area (Å²) in [5.74, 6) is -4.89. The van der Waals surface area contributed by atoms with E-state index >= 15 is 0 Å². The summed E-state index contributed by atoms with van der Waals surface area (Å²) >= 11 is 0. The van der Waals surface area contributed by atoms with Crippen LogP contribution in [0, 0.1) is 0 Å². The van der Waals surface area contributed by atoms with E-state index in [1.54, 1.807) is 6.92 Å². The van der Waals surface area contributed by atoms with Gasteiger partial charge in [-0.2, -0.15) is 0 Å². The molecule has 40 heavy (non-hydrogen) atoms. The lowest BCUT2D eigenvalue weighted by Gasteiger charge is -2.14. The van der Waals surface area contributed by atoms with E-state index in [-0.39, 0.29) is 65.3 Å². The minimum atomic E-state index is -0.794. The number of hydrogen-bond donors (Lipinski definition) is 0. The Morgan fingerprint density at radius 1 is 0.700 bits per heavy atom. The van der Waals surface area contributed by atoms with Crippen molar-refractivity contribution in [2.24, 2.45) is 0 Å². The van der Waals surface area contributed by atoms with Gasteiger partial charge in [-0.1, -0.05) is 14.4 Å². The summed E-state index contributed by atoms with van der Waals surface area (Å²) in [4.78, 5) is 121. The molecule has 3 aliphatic rings. The maximum atomic E-state index is 11.2. The average Bonchev–Trinajstić information content (AvgIpc) is 3.47. The van der Waals surface area contributed by atoms with Crippen LogP contribution in [0.25, 0.3) is 0 Å². The quantitative estimate of drug-likeness (QED) is 0.271. The van der Waals surface area contributed by atoms with E-state index < -0.39 is 59.5 Å². The molecule has 0 aromatic carbocycles. The zero-order valence-electron chi connectivity index (χ0n) is 21.4. The molecule has 3 fully saturated rings. The van der Waals surface area contributed by atoms with Gasteiger partial charge in [-0.15, -0.1) is 15.2 Å². The molecular formula is C23H31N3O14. The summed E-state index contributed by atoms with van der Waals surface area (Å²) in [7, 11) is 0. The Kier molecular flexibility index (Phi) is 15.0. The fourth-order valence-electron chi connectivity index (χ4n) is 2.79. The van der Waals surface area contributed by atoms with Crippen molar-refractivity contribution in [1.82, 2.24) is 15.2 Å². The molecule has 3 saturated heterocycles. The van der Waals surface area contributed by atoms with Gasteiger partial charge in [0, 0.05) is 51.9 Å². The molecule has 1 atom stereocenters. The largest absolute Gasteiger partial charge is 0.464 e. The van der Waals surface area contributed by atoms with Crippen LogP contribution in [0.5, 0.6) is 0 Å². The SMILES string of the molecule is C.CC(=O)ON1C(=O)CCC1=O.CC(CC(=O)ON1C(=O)CCC1=O)OC=O.CCC(=O)ON1C(=O)CCC1=O. The number of amides is 6. The maximum Gasteiger partial charge on any atom is 0.336 e. The molecule has 17 nitrogen and oxygen atoms in total. The molecular weight excluding hydrogens is 542 g/mol. The number of hydroxylamine groups is 6. The van der Waals surface area contributed by atoms with Gasteiger partial charge in [0.2, 0.25) is 0 Å². The molecule has 0 spiro atoms. The lowest BCUT2D eigenvalue weighted by molar-refractivity contribution is -0.199. The minimum absolute atomic E-state index is 0. The van der Waals surface area contributed by atoms with Gasteiger partial charge in [0.1, 0.15) is 6.10 Å². The van der Waals surface area contributed by atoms with E-state index in [1.165, 1.54) is 6.92 Å². The highest BCUT2D eigenvalue weighted by Crippen LogP contribution is 2.14. The Morgan fingerprint density at radius 2 is 1.02 bits per heavy atom. The van der Waals surface area contributed by atoms with Crippen molar-refractivity contribution in [3.63, 3.8) is 0 Å². The Labute approximate surface area is 228 Å². The Bertz CT molecular complexity index is 992. The number of ether oxygens (including phenoxy) is 1. The van der Waals surface area contributed by atoms with E-state index in [0.717, 1.165) is 6.92 Å². The predicted molar refractivity (Wildman–Crippen MR) is 125 cm³/mol. The number of hydrogen-bond acceptors (Lipinski definition) is 14. The van der Waals surface area contributed by atoms with Crippen molar-refractivity contribution < 1.29 is 67.2 Å². The molecule has 0 aliphatic carbocycles. The molecule has 222 valence electrons. The number of nitrogens with zero attached hydrogens (tertiary/aromatic N) is 3. The fourth-order valence-corrected chi connectivity index (χ4v) is 2.79. The molecule has 0 radical (unpaired) electrons. The van der Waals surface area contributed by atoms with Crippen LogP contribution < -0.4 is 0 Å². The zero-order chi connectivity index (χ0) is 29.7. The van der Waals surface area contributed by atoms with Crippen LogP contribution in [0.1, 0.15) is 79.6 Å². The smallest absolute Gasteiger partial charge is 0.336 e. The average molecular weight is 574 g/mol. The van der Waals surface area contributed by atoms with E-state index in [2.05, 4.69) is 19.2 Å². The predicted octanol–water partition coefficient (Wildman–Crippen LogP) is -0.202. The van der Waals surface area contributed by atoms with Crippen LogP contribution in [0.2, 0.25) is 0 Å². The topological polar surface area (TPSA) is 217 Å². The summed E-state index contributed by atoms with van der Waals surface area (Å²) in [6.45, 7) is 4.43. The third kappa shape index (κ3) is 11.4. The van der Waals surface area contributed by atoms with E-state index in [4.69, 9.17) is 0 Å². The molecule has 0 aromatic heterocycles. The van der Waals surface area contributed by atoms with Crippen molar-refractivity contribution in [2.45, 2.75) is 85.7 Å². The summed E-state index contributed by atoms with van der Waals surface area (Å²) < 4.78 is 4.46. The molecule has 3 aliphatic heterocycles. The molecule has 6 amide bonds. The molecule has 0 saturated carbocycles. The third-order valence-electron chi connectivity index (χ3n) is 4.65. The first-order valence-electron chi connectivity index (χ1n) is 11.6. The highest BCUT2D eigenvalue weighted by atomic mass is 16.7. The first-order chi connectivity index (χ1) is 18.3. The minimum Gasteiger partial charge on any atom is -0.464 e. The Morgan fingerprint density at radius 3 is 1.32 bits per heavy atom. The number of imide groups is 3. The summed E-state index contributed by atoms with van der Waals surface area (Å²) in [5.41, 5.74) is 0. The van der Waals surface area contributed by atoms with Crippen LogP contribution in [0.15, 0.2) is 0 Å². The lowest BCUT2D eigenvalue weighted by Crippen LogP contribution is -2.33. The van der Waals surface area contributed by atoms with Crippen LogP contribution in [0.3, 0.4) is 0 Å². The van der Waals surface area contributed by atoms with Crippen LogP contribution >= 0.6 is 0 Å². The van der Waals surface area contributed by atoms with Gasteiger partial charge in [0.05, 0.1) is 6.42 Å². The normalized spacial score (nSPS) is 16.7. The van der Waals surface area contributed by atoms with Gasteiger partial charge in [0.25, 0.3) is 41.9 Å². The van der Waals surface area contributed by atoms with Crippen molar-refractivity contribution in [3.05, 3.63) is 0 Å². The first kappa shape index (κ1) is 35.3. The number of rotatable bonds is 8. The second-order valence-electron chi connectivity index (χ2n) is 7.86. The first-order valence-corrected chi connectivity index (χ1v) is 11.6. The number of carbonyl (C=O) groups excluding carboxylic acids is 10. The third-order valence-corrected chi connectivity index (χ3v) is 4.65. The molecule has 1 unspecified atom stereocenters. The second kappa shape index (κ2) is 17.0. The van der Waals surface area contributed by atoms with Gasteiger partial charge in [-0.3, -0.25) is 33.6 Å². The van der Waals surface area contributed by atoms with Crippen molar-refractivity contribution in [3.8, 4) is 0 Å². The lowest BCUT2D eigenvalue weighted by atomic mass is 10.3. The maximum absolute atomic E-state index is 11.2. The summed E-state index contributed by atoms with van der Waals surface area (Å²) in [6, 6.07) is 0. The van der Waals surface area contributed by atoms with E-state index in [9.17, 15) is 47.9 Å². The molecule has 17 heteroatoms. The highest BCUT2D eigenvalue weighted by molar-refractivity contribution is 6.02. The molecule has 0 N–H and O–H groups in total. The number of carbonyl (C=O) groups is 10. The molecule has 3 heterocycles. The van der Waals surface area contributed by atoms with Gasteiger partial charge < -0.3 is 19.2 Å². The van der Waals surface area contributed by atoms with Gasteiger partial charge in [-0.25, -0.2) is 14.4 Å². The van der Waals surface area contributed by atoms with Gasteiger partial charge in [0.15, 0.2) is 0 Å². The van der Waals surface area contributed by atoms with E-state index in [0.29, 0.717) is 15.2 Å². The fraction of sp³-hybridized carbons (Fsp3) is 0.565. The zero-order valence-corrected chi connectivity index (χ0v) is 21.4. The highest BCUT2D eigenvalue weighted by Gasteiger charge is 2.34. The van der Waals surface area contributed by atoms with Gasteiger partial charge in [-0.05, 0) is 6.92 Å². The van der Waals surface area contributed by atoms with E-state index in [1.807, 2.05) is 0 Å². The standard InChI is InChI=1S/C9H11NO6.C7H9NO4.C6H7NO4.CH4/c1-6(15-5-11)4-9(14)16-10-7(12)2-3-8(10)13;1-2-7(11)12-8-5(9)3-4-6(8)10;1-4(8)11-7-5(9)2-3-6(7)10;/h5-6H,2-4H2,1H3;2-4H2,1H3;2-3H2,1H3;1H4. The Balaban J connectivity index is 0.000000575. The molecule has 0 aromatic rings. The second-order valence-corrected chi connectivity index (χ2v) is 7.86. The van der Waals surface area contributed by atoms with Crippen molar-refractivity contribution >= 4 is 59.8 Å². The monoisotopic (exact) mass is 573 g/mol. The molecule has 3 rings (SSSR count). The van der Waals surface area contributed by atoms with Gasteiger partial charge >= 0.3 is 17.9 Å². The van der Waals surface area contributed by atoms with Crippen molar-refractivity contribution in [2.75, 3.05) is 0 Å². The van der Waals surface area contributed by atoms with Crippen molar-refractivity contribution in [1.29, 1.82) is 0 Å². The Hall–Kier alpha value is -4.70. The summed E-state index contributed by atoms with van der Waals surface area (Å²) in [5, 5.41) is 1.52. The van der Waals surface area contributed by atoms with Crippen LogP contribution in [0.4, 0.5) is 0 Å².